The minimum atomic E-state index is -0.735. The van der Waals surface area contributed by atoms with Crippen molar-refractivity contribution < 1.29 is 9.59 Å². The Morgan fingerprint density at radius 1 is 0.952 bits per heavy atom. The van der Waals surface area contributed by atoms with E-state index in [2.05, 4.69) is 21.1 Å². The molecule has 8 heteroatoms. The molecule has 0 aliphatic heterocycles. The molecule has 6 N–H and O–H groups in total. The highest BCUT2D eigenvalue weighted by atomic mass is 16.2. The molecule has 0 bridgehead atoms. The number of hydrogen-bond acceptors (Lipinski definition) is 4. The van der Waals surface area contributed by atoms with Crippen LogP contribution in [0, 0.1) is 20.8 Å². The SMILES string of the molecule is Cc1cc(C)c(/C=N\NC(N)=O)c(C)c1/C=N\NC(N)=O. The van der Waals surface area contributed by atoms with Gasteiger partial charge in [-0.05, 0) is 37.5 Å². The number of rotatable bonds is 4. The lowest BCUT2D eigenvalue weighted by Gasteiger charge is -2.11. The van der Waals surface area contributed by atoms with Crippen LogP contribution in [0.1, 0.15) is 27.8 Å². The fraction of sp³-hybridized carbons (Fsp3) is 0.231. The predicted molar refractivity (Wildman–Crippen MR) is 81.3 cm³/mol. The maximum absolute atomic E-state index is 10.6. The molecule has 8 nitrogen and oxygen atoms in total. The Morgan fingerprint density at radius 2 is 1.33 bits per heavy atom. The van der Waals surface area contributed by atoms with Crippen LogP contribution < -0.4 is 22.3 Å². The van der Waals surface area contributed by atoms with Crippen molar-refractivity contribution in [3.05, 3.63) is 33.9 Å². The first-order valence-corrected chi connectivity index (χ1v) is 6.10. The van der Waals surface area contributed by atoms with Gasteiger partial charge in [-0.1, -0.05) is 6.07 Å². The zero-order chi connectivity index (χ0) is 16.0. The Kier molecular flexibility index (Phi) is 5.41. The highest BCUT2D eigenvalue weighted by Gasteiger charge is 2.08. The molecule has 1 rings (SSSR count). The summed E-state index contributed by atoms with van der Waals surface area (Å²) in [5.74, 6) is 0. The zero-order valence-corrected chi connectivity index (χ0v) is 12.1. The average molecular weight is 290 g/mol. The van der Waals surface area contributed by atoms with Gasteiger partial charge in [0.05, 0.1) is 12.4 Å². The van der Waals surface area contributed by atoms with E-state index < -0.39 is 12.1 Å². The third kappa shape index (κ3) is 4.60. The van der Waals surface area contributed by atoms with Crippen molar-refractivity contribution in [1.29, 1.82) is 0 Å². The van der Waals surface area contributed by atoms with Crippen LogP contribution in [0.15, 0.2) is 16.3 Å². The van der Waals surface area contributed by atoms with E-state index in [0.717, 1.165) is 27.8 Å². The minimum absolute atomic E-state index is 0.735. The fourth-order valence-corrected chi connectivity index (χ4v) is 1.94. The zero-order valence-electron chi connectivity index (χ0n) is 12.1. The van der Waals surface area contributed by atoms with Gasteiger partial charge in [0.1, 0.15) is 0 Å². The van der Waals surface area contributed by atoms with E-state index in [-0.39, 0.29) is 0 Å². The second-order valence-electron chi connectivity index (χ2n) is 4.43. The van der Waals surface area contributed by atoms with E-state index in [0.29, 0.717) is 0 Å². The van der Waals surface area contributed by atoms with Crippen LogP contribution in [-0.4, -0.2) is 24.5 Å². The summed E-state index contributed by atoms with van der Waals surface area (Å²) in [6.45, 7) is 5.74. The molecule has 4 amide bonds. The third-order valence-electron chi connectivity index (χ3n) is 2.83. The summed E-state index contributed by atoms with van der Waals surface area (Å²) in [7, 11) is 0. The molecule has 0 aromatic heterocycles. The molecule has 1 aromatic carbocycles. The predicted octanol–water partition coefficient (Wildman–Crippen LogP) is 0.616. The van der Waals surface area contributed by atoms with Gasteiger partial charge in [-0.2, -0.15) is 10.2 Å². The number of carbonyl (C=O) groups excluding carboxylic acids is 2. The molecule has 0 heterocycles. The van der Waals surface area contributed by atoms with Crippen LogP contribution >= 0.6 is 0 Å². The van der Waals surface area contributed by atoms with Gasteiger partial charge in [0.2, 0.25) is 0 Å². The van der Waals surface area contributed by atoms with Crippen LogP contribution in [0.4, 0.5) is 9.59 Å². The molecule has 0 atom stereocenters. The molecule has 21 heavy (non-hydrogen) atoms. The van der Waals surface area contributed by atoms with Crippen molar-refractivity contribution >= 4 is 24.5 Å². The monoisotopic (exact) mass is 290 g/mol. The van der Waals surface area contributed by atoms with Gasteiger partial charge in [-0.25, -0.2) is 20.4 Å². The number of nitrogens with two attached hydrogens (primary N) is 2. The number of hydrazone groups is 2. The van der Waals surface area contributed by atoms with Gasteiger partial charge in [0, 0.05) is 11.1 Å². The number of aryl methyl sites for hydroxylation is 2. The van der Waals surface area contributed by atoms with E-state index in [9.17, 15) is 9.59 Å². The quantitative estimate of drug-likeness (QED) is 0.477. The molecule has 0 saturated heterocycles. The number of primary amides is 2. The first kappa shape index (κ1) is 16.2. The van der Waals surface area contributed by atoms with Gasteiger partial charge < -0.3 is 11.5 Å². The molecule has 0 aliphatic carbocycles. The molecule has 112 valence electrons. The number of urea groups is 2. The van der Waals surface area contributed by atoms with Crippen molar-refractivity contribution in [2.24, 2.45) is 21.7 Å². The second-order valence-corrected chi connectivity index (χ2v) is 4.43. The van der Waals surface area contributed by atoms with E-state index in [1.54, 1.807) is 0 Å². The summed E-state index contributed by atoms with van der Waals surface area (Å²) in [6, 6.07) is 0.478. The molecule has 0 radical (unpaired) electrons. The molecular weight excluding hydrogens is 272 g/mol. The molecule has 1 aromatic rings. The Hall–Kier alpha value is -2.90. The Bertz CT molecular complexity index is 571. The molecular formula is C13H18N6O2. The van der Waals surface area contributed by atoms with Crippen LogP contribution in [0.2, 0.25) is 0 Å². The lowest BCUT2D eigenvalue weighted by molar-refractivity contribution is 0.248. The summed E-state index contributed by atoms with van der Waals surface area (Å²) in [4.78, 5) is 21.2. The fourth-order valence-electron chi connectivity index (χ4n) is 1.94. The lowest BCUT2D eigenvalue weighted by atomic mass is 9.94. The first-order chi connectivity index (χ1) is 9.82. The summed E-state index contributed by atoms with van der Waals surface area (Å²) >= 11 is 0. The number of benzene rings is 1. The van der Waals surface area contributed by atoms with Crippen molar-refractivity contribution in [3.8, 4) is 0 Å². The normalized spacial score (nSPS) is 11.0. The van der Waals surface area contributed by atoms with Crippen molar-refractivity contribution in [1.82, 2.24) is 10.9 Å². The summed E-state index contributed by atoms with van der Waals surface area (Å²) in [5.41, 5.74) is 18.7. The molecule has 0 saturated carbocycles. The van der Waals surface area contributed by atoms with Crippen molar-refractivity contribution in [2.75, 3.05) is 0 Å². The van der Waals surface area contributed by atoms with E-state index in [1.807, 2.05) is 26.8 Å². The summed E-state index contributed by atoms with van der Waals surface area (Å²) in [5, 5.41) is 7.52. The largest absolute Gasteiger partial charge is 0.350 e. The van der Waals surface area contributed by atoms with Gasteiger partial charge >= 0.3 is 12.1 Å². The highest BCUT2D eigenvalue weighted by Crippen LogP contribution is 2.19. The molecule has 0 spiro atoms. The maximum Gasteiger partial charge on any atom is 0.332 e. The van der Waals surface area contributed by atoms with E-state index >= 15 is 0 Å². The highest BCUT2D eigenvalue weighted by molar-refractivity contribution is 5.92. The lowest BCUT2D eigenvalue weighted by Crippen LogP contribution is -2.24. The number of nitrogens with zero attached hydrogens (tertiary/aromatic N) is 2. The van der Waals surface area contributed by atoms with Gasteiger partial charge in [0.15, 0.2) is 0 Å². The Balaban J connectivity index is 3.15. The van der Waals surface area contributed by atoms with Gasteiger partial charge in [-0.3, -0.25) is 0 Å². The number of nitrogens with one attached hydrogen (secondary N) is 2. The van der Waals surface area contributed by atoms with Crippen LogP contribution in [0.5, 0.6) is 0 Å². The number of carbonyl (C=O) groups is 2. The second kappa shape index (κ2) is 7.04. The average Bonchev–Trinajstić information content (AvgIpc) is 2.36. The van der Waals surface area contributed by atoms with E-state index in [4.69, 9.17) is 11.5 Å². The Labute approximate surface area is 122 Å². The maximum atomic E-state index is 10.6. The molecule has 0 fully saturated rings. The Morgan fingerprint density at radius 3 is 1.67 bits per heavy atom. The van der Waals surface area contributed by atoms with Crippen LogP contribution in [0.3, 0.4) is 0 Å². The smallest absolute Gasteiger partial charge is 0.332 e. The first-order valence-electron chi connectivity index (χ1n) is 6.10. The third-order valence-corrected chi connectivity index (χ3v) is 2.83. The molecule has 0 unspecified atom stereocenters. The van der Waals surface area contributed by atoms with Gasteiger partial charge in [-0.15, -0.1) is 0 Å². The molecule has 0 aliphatic rings. The van der Waals surface area contributed by atoms with Crippen LogP contribution in [-0.2, 0) is 0 Å². The van der Waals surface area contributed by atoms with Crippen LogP contribution in [0.25, 0.3) is 0 Å². The number of amides is 4. The summed E-state index contributed by atoms with van der Waals surface area (Å²) < 4.78 is 0. The topological polar surface area (TPSA) is 135 Å². The number of hydrogen-bond donors (Lipinski definition) is 4. The summed E-state index contributed by atoms with van der Waals surface area (Å²) in [6.07, 6.45) is 3.02. The minimum Gasteiger partial charge on any atom is -0.350 e. The van der Waals surface area contributed by atoms with E-state index in [1.165, 1.54) is 12.4 Å². The standard InChI is InChI=1S/C13H18N6O2/c1-7-4-8(2)11(6-17-19-13(15)21)9(3)10(7)5-16-18-12(14)20/h4-6H,1-3H3,(H3,14,18,20)(H3,15,19,21)/b16-5-,17-6-. The van der Waals surface area contributed by atoms with Gasteiger partial charge in [0.25, 0.3) is 0 Å². The van der Waals surface area contributed by atoms with Crippen molar-refractivity contribution in [2.45, 2.75) is 20.8 Å². The van der Waals surface area contributed by atoms with Crippen molar-refractivity contribution in [3.63, 3.8) is 0 Å².